The van der Waals surface area contributed by atoms with E-state index in [4.69, 9.17) is 5.73 Å². The minimum Gasteiger partial charge on any atom is -0.398 e. The van der Waals surface area contributed by atoms with E-state index in [1.165, 1.54) is 0 Å². The molecule has 1 aliphatic heterocycles. The maximum Gasteiger partial charge on any atom is 0.255 e. The van der Waals surface area contributed by atoms with Crippen LogP contribution in [-0.2, 0) is 6.42 Å². The average Bonchev–Trinajstić information content (AvgIpc) is 2.49. The standard InChI is InChI=1S/C10H12F2N2/c11-10(12)6-14-5-4-7-8(13)2-1-3-9(7)14/h1-3,10H,4-6,13H2. The molecule has 0 aliphatic carbocycles. The van der Waals surface area contributed by atoms with Crippen LogP contribution in [0.1, 0.15) is 5.56 Å². The van der Waals surface area contributed by atoms with Gasteiger partial charge in [0, 0.05) is 23.5 Å². The first-order chi connectivity index (χ1) is 6.68. The van der Waals surface area contributed by atoms with Crippen molar-refractivity contribution >= 4 is 11.4 Å². The van der Waals surface area contributed by atoms with Gasteiger partial charge in [-0.1, -0.05) is 6.07 Å². The molecule has 76 valence electrons. The highest BCUT2D eigenvalue weighted by molar-refractivity contribution is 5.68. The molecule has 0 unspecified atom stereocenters. The Bertz CT molecular complexity index is 339. The first kappa shape index (κ1) is 9.24. The van der Waals surface area contributed by atoms with E-state index in [1.807, 2.05) is 12.1 Å². The third-order valence-corrected chi connectivity index (χ3v) is 2.52. The van der Waals surface area contributed by atoms with Gasteiger partial charge in [0.1, 0.15) is 0 Å². The largest absolute Gasteiger partial charge is 0.398 e. The molecule has 0 amide bonds. The van der Waals surface area contributed by atoms with Crippen LogP contribution in [0, 0.1) is 0 Å². The minimum atomic E-state index is -2.29. The number of rotatable bonds is 2. The molecule has 1 aliphatic rings. The summed E-state index contributed by atoms with van der Waals surface area (Å²) in [7, 11) is 0. The van der Waals surface area contributed by atoms with Gasteiger partial charge in [-0.3, -0.25) is 0 Å². The van der Waals surface area contributed by atoms with Gasteiger partial charge in [-0.2, -0.15) is 0 Å². The van der Waals surface area contributed by atoms with Crippen LogP contribution in [0.5, 0.6) is 0 Å². The van der Waals surface area contributed by atoms with Gasteiger partial charge in [0.25, 0.3) is 6.43 Å². The molecule has 0 bridgehead atoms. The Morgan fingerprint density at radius 2 is 2.21 bits per heavy atom. The second kappa shape index (κ2) is 3.44. The van der Waals surface area contributed by atoms with Gasteiger partial charge in [-0.05, 0) is 18.6 Å². The average molecular weight is 198 g/mol. The Labute approximate surface area is 81.3 Å². The topological polar surface area (TPSA) is 29.3 Å². The van der Waals surface area contributed by atoms with E-state index in [1.54, 1.807) is 11.0 Å². The molecule has 0 fully saturated rings. The highest BCUT2D eigenvalue weighted by Crippen LogP contribution is 2.32. The first-order valence-electron chi connectivity index (χ1n) is 4.59. The predicted octanol–water partition coefficient (Wildman–Crippen LogP) is 1.90. The summed E-state index contributed by atoms with van der Waals surface area (Å²) in [5.74, 6) is 0. The number of fused-ring (bicyclic) bond motifs is 1. The zero-order valence-electron chi connectivity index (χ0n) is 7.71. The molecule has 2 nitrogen and oxygen atoms in total. The molecule has 4 heteroatoms. The number of anilines is 2. The molecule has 14 heavy (non-hydrogen) atoms. The lowest BCUT2D eigenvalue weighted by Gasteiger charge is -2.18. The van der Waals surface area contributed by atoms with Crippen LogP contribution in [0.25, 0.3) is 0 Å². The first-order valence-corrected chi connectivity index (χ1v) is 4.59. The number of hydrogen-bond donors (Lipinski definition) is 1. The summed E-state index contributed by atoms with van der Waals surface area (Å²) in [6, 6.07) is 5.46. The van der Waals surface area contributed by atoms with Gasteiger partial charge in [-0.25, -0.2) is 8.78 Å². The predicted molar refractivity (Wildman–Crippen MR) is 52.8 cm³/mol. The molecular formula is C10H12F2N2. The van der Waals surface area contributed by atoms with Crippen molar-refractivity contribution in [2.45, 2.75) is 12.8 Å². The van der Waals surface area contributed by atoms with Crippen LogP contribution in [-0.4, -0.2) is 19.5 Å². The third kappa shape index (κ3) is 1.52. The smallest absolute Gasteiger partial charge is 0.255 e. The molecule has 1 aromatic rings. The zero-order chi connectivity index (χ0) is 10.1. The second-order valence-electron chi connectivity index (χ2n) is 3.43. The lowest BCUT2D eigenvalue weighted by Crippen LogP contribution is -2.26. The van der Waals surface area contributed by atoms with Crippen molar-refractivity contribution in [2.24, 2.45) is 0 Å². The van der Waals surface area contributed by atoms with Crippen molar-refractivity contribution in [2.75, 3.05) is 23.7 Å². The maximum absolute atomic E-state index is 12.2. The number of halogens is 2. The highest BCUT2D eigenvalue weighted by atomic mass is 19.3. The number of nitrogen functional groups attached to an aromatic ring is 1. The molecule has 0 aromatic heterocycles. The fraction of sp³-hybridized carbons (Fsp3) is 0.400. The molecule has 0 radical (unpaired) electrons. The number of nitrogens with two attached hydrogens (primary N) is 1. The quantitative estimate of drug-likeness (QED) is 0.735. The maximum atomic E-state index is 12.2. The SMILES string of the molecule is Nc1cccc2c1CCN2CC(F)F. The zero-order valence-corrected chi connectivity index (χ0v) is 7.71. The van der Waals surface area contributed by atoms with Crippen LogP contribution in [0.2, 0.25) is 0 Å². The molecule has 0 saturated carbocycles. The fourth-order valence-corrected chi connectivity index (χ4v) is 1.88. The molecule has 2 rings (SSSR count). The lowest BCUT2D eigenvalue weighted by molar-refractivity contribution is 0.155. The fourth-order valence-electron chi connectivity index (χ4n) is 1.88. The van der Waals surface area contributed by atoms with E-state index in [0.29, 0.717) is 12.2 Å². The Morgan fingerprint density at radius 1 is 1.43 bits per heavy atom. The summed E-state index contributed by atoms with van der Waals surface area (Å²) in [4.78, 5) is 1.69. The van der Waals surface area contributed by atoms with Crippen molar-refractivity contribution in [3.05, 3.63) is 23.8 Å². The highest BCUT2D eigenvalue weighted by Gasteiger charge is 2.22. The van der Waals surface area contributed by atoms with E-state index in [-0.39, 0.29) is 6.54 Å². The molecular weight excluding hydrogens is 186 g/mol. The van der Waals surface area contributed by atoms with Gasteiger partial charge in [0.05, 0.1) is 6.54 Å². The number of alkyl halides is 2. The van der Waals surface area contributed by atoms with Crippen molar-refractivity contribution in [3.8, 4) is 0 Å². The van der Waals surface area contributed by atoms with Crippen molar-refractivity contribution < 1.29 is 8.78 Å². The van der Waals surface area contributed by atoms with Gasteiger partial charge in [0.15, 0.2) is 0 Å². The Hall–Kier alpha value is -1.32. The van der Waals surface area contributed by atoms with Gasteiger partial charge < -0.3 is 10.6 Å². The van der Waals surface area contributed by atoms with Gasteiger partial charge in [-0.15, -0.1) is 0 Å². The van der Waals surface area contributed by atoms with E-state index in [2.05, 4.69) is 0 Å². The van der Waals surface area contributed by atoms with Crippen molar-refractivity contribution in [1.29, 1.82) is 0 Å². The summed E-state index contributed by atoms with van der Waals surface area (Å²) >= 11 is 0. The van der Waals surface area contributed by atoms with Crippen LogP contribution < -0.4 is 10.6 Å². The summed E-state index contributed by atoms with van der Waals surface area (Å²) < 4.78 is 24.4. The summed E-state index contributed by atoms with van der Waals surface area (Å²) in [6.07, 6.45) is -1.52. The third-order valence-electron chi connectivity index (χ3n) is 2.52. The molecule has 0 saturated heterocycles. The normalized spacial score (nSPS) is 14.9. The van der Waals surface area contributed by atoms with E-state index < -0.39 is 6.43 Å². The number of hydrogen-bond acceptors (Lipinski definition) is 2. The lowest BCUT2D eigenvalue weighted by atomic mass is 10.1. The van der Waals surface area contributed by atoms with Crippen LogP contribution in [0.4, 0.5) is 20.2 Å². The Balaban J connectivity index is 2.26. The van der Waals surface area contributed by atoms with E-state index in [9.17, 15) is 8.78 Å². The molecule has 1 aromatic carbocycles. The Kier molecular flexibility index (Phi) is 2.27. The van der Waals surface area contributed by atoms with E-state index >= 15 is 0 Å². The second-order valence-corrected chi connectivity index (χ2v) is 3.43. The summed E-state index contributed by atoms with van der Waals surface area (Å²) in [5.41, 5.74) is 8.33. The van der Waals surface area contributed by atoms with Gasteiger partial charge in [0.2, 0.25) is 0 Å². The molecule has 0 atom stereocenters. The van der Waals surface area contributed by atoms with Crippen LogP contribution >= 0.6 is 0 Å². The van der Waals surface area contributed by atoms with Crippen molar-refractivity contribution in [1.82, 2.24) is 0 Å². The molecule has 1 heterocycles. The monoisotopic (exact) mass is 198 g/mol. The summed E-state index contributed by atoms with van der Waals surface area (Å²) in [6.45, 7) is 0.449. The molecule has 2 N–H and O–H groups in total. The number of nitrogens with zero attached hydrogens (tertiary/aromatic N) is 1. The van der Waals surface area contributed by atoms with Crippen LogP contribution in [0.15, 0.2) is 18.2 Å². The number of benzene rings is 1. The van der Waals surface area contributed by atoms with E-state index in [0.717, 1.165) is 17.7 Å². The van der Waals surface area contributed by atoms with Crippen LogP contribution in [0.3, 0.4) is 0 Å². The Morgan fingerprint density at radius 3 is 2.93 bits per heavy atom. The van der Waals surface area contributed by atoms with Gasteiger partial charge >= 0.3 is 0 Å². The molecule has 0 spiro atoms. The summed E-state index contributed by atoms with van der Waals surface area (Å²) in [5, 5.41) is 0. The van der Waals surface area contributed by atoms with Crippen molar-refractivity contribution in [3.63, 3.8) is 0 Å². The minimum absolute atomic E-state index is 0.198.